The van der Waals surface area contributed by atoms with E-state index in [0.717, 1.165) is 17.9 Å². The van der Waals surface area contributed by atoms with E-state index in [4.69, 9.17) is 10.5 Å². The Morgan fingerprint density at radius 3 is 2.95 bits per heavy atom. The van der Waals surface area contributed by atoms with Crippen molar-refractivity contribution in [3.8, 4) is 5.75 Å². The number of anilines is 1. The summed E-state index contributed by atoms with van der Waals surface area (Å²) in [6.07, 6.45) is 2.04. The van der Waals surface area contributed by atoms with E-state index in [1.54, 1.807) is 7.11 Å². The molecule has 3 N–H and O–H groups in total. The molecule has 0 spiro atoms. The normalized spacial score (nSPS) is 20.1. The quantitative estimate of drug-likeness (QED) is 0.613. The van der Waals surface area contributed by atoms with Gasteiger partial charge in [0.25, 0.3) is 0 Å². The second-order valence-corrected chi connectivity index (χ2v) is 7.34. The fourth-order valence-electron chi connectivity index (χ4n) is 2.36. The van der Waals surface area contributed by atoms with Gasteiger partial charge in [-0.05, 0) is 24.5 Å². The summed E-state index contributed by atoms with van der Waals surface area (Å²) in [6.45, 7) is 1.58. The first-order valence-electron chi connectivity index (χ1n) is 7.04. The van der Waals surface area contributed by atoms with Crippen LogP contribution in [0.1, 0.15) is 6.42 Å². The molecule has 1 aliphatic heterocycles. The summed E-state index contributed by atoms with van der Waals surface area (Å²) in [6, 6.07) is 7.39. The molecule has 0 amide bonds. The number of methoxy groups -OCH3 is 1. The number of benzene rings is 1. The molecule has 0 radical (unpaired) electrons. The Balaban J connectivity index is 1.88. The summed E-state index contributed by atoms with van der Waals surface area (Å²) in [5, 5.41) is 3.00. The number of hydrogen-bond acceptors (Lipinski definition) is 4. The highest BCUT2D eigenvalue weighted by Crippen LogP contribution is 2.19. The molecule has 1 fully saturated rings. The van der Waals surface area contributed by atoms with Gasteiger partial charge < -0.3 is 15.8 Å². The third-order valence-corrected chi connectivity index (χ3v) is 4.85. The number of sulfonamides is 1. The minimum absolute atomic E-state index is 0.209. The Morgan fingerprint density at radius 2 is 2.32 bits per heavy atom. The number of aliphatic imine (C=N–C) groups is 1. The van der Waals surface area contributed by atoms with Crippen LogP contribution in [0.4, 0.5) is 5.69 Å². The van der Waals surface area contributed by atoms with Gasteiger partial charge >= 0.3 is 0 Å². The number of ether oxygens (including phenoxy) is 1. The molecule has 1 aliphatic rings. The summed E-state index contributed by atoms with van der Waals surface area (Å²) in [5.41, 5.74) is 6.66. The topological polar surface area (TPSA) is 97.0 Å². The summed E-state index contributed by atoms with van der Waals surface area (Å²) >= 11 is 0. The van der Waals surface area contributed by atoms with Gasteiger partial charge in [0, 0.05) is 31.4 Å². The van der Waals surface area contributed by atoms with Crippen molar-refractivity contribution < 1.29 is 13.2 Å². The van der Waals surface area contributed by atoms with Gasteiger partial charge in [-0.1, -0.05) is 6.07 Å². The third kappa shape index (κ3) is 4.60. The standard InChI is InChI=1S/C14H22N4O3S/c1-21-13-5-3-4-12(8-13)17-14(15)16-9-11-6-7-18(10-11)22(2,19)20/h3-5,8,11H,6-7,9-10H2,1-2H3,(H3,15,16,17). The van der Waals surface area contributed by atoms with Crippen molar-refractivity contribution in [3.05, 3.63) is 24.3 Å². The smallest absolute Gasteiger partial charge is 0.211 e. The van der Waals surface area contributed by atoms with Gasteiger partial charge in [-0.25, -0.2) is 12.7 Å². The van der Waals surface area contributed by atoms with Crippen molar-refractivity contribution in [2.45, 2.75) is 6.42 Å². The molecule has 7 nitrogen and oxygen atoms in total. The Hall–Kier alpha value is -1.80. The van der Waals surface area contributed by atoms with Crippen LogP contribution in [0.5, 0.6) is 5.75 Å². The van der Waals surface area contributed by atoms with Gasteiger partial charge in [-0.3, -0.25) is 4.99 Å². The number of guanidine groups is 1. The fraction of sp³-hybridized carbons (Fsp3) is 0.500. The molecular formula is C14H22N4O3S. The number of nitrogens with zero attached hydrogens (tertiary/aromatic N) is 2. The van der Waals surface area contributed by atoms with E-state index in [1.165, 1.54) is 10.6 Å². The van der Waals surface area contributed by atoms with Gasteiger partial charge in [0.2, 0.25) is 10.0 Å². The third-order valence-electron chi connectivity index (χ3n) is 3.58. The van der Waals surface area contributed by atoms with E-state index in [0.29, 0.717) is 25.6 Å². The highest BCUT2D eigenvalue weighted by atomic mass is 32.2. The van der Waals surface area contributed by atoms with Gasteiger partial charge in [0.1, 0.15) is 5.75 Å². The molecule has 0 aromatic heterocycles. The monoisotopic (exact) mass is 326 g/mol. The molecule has 2 rings (SSSR count). The maximum atomic E-state index is 11.5. The van der Waals surface area contributed by atoms with Crippen LogP contribution < -0.4 is 15.8 Å². The van der Waals surface area contributed by atoms with E-state index < -0.39 is 10.0 Å². The molecule has 122 valence electrons. The molecule has 1 aromatic rings. The van der Waals surface area contributed by atoms with Gasteiger partial charge in [-0.2, -0.15) is 0 Å². The van der Waals surface area contributed by atoms with Crippen LogP contribution in [0.15, 0.2) is 29.3 Å². The molecule has 0 bridgehead atoms. The van der Waals surface area contributed by atoms with Crippen molar-refractivity contribution in [2.24, 2.45) is 16.6 Å². The van der Waals surface area contributed by atoms with E-state index in [2.05, 4.69) is 10.3 Å². The molecule has 0 saturated carbocycles. The Kier molecular flexibility index (Phi) is 5.25. The molecule has 1 aromatic carbocycles. The second kappa shape index (κ2) is 6.97. The van der Waals surface area contributed by atoms with Crippen molar-refractivity contribution >= 4 is 21.7 Å². The average molecular weight is 326 g/mol. The van der Waals surface area contributed by atoms with Crippen LogP contribution in [0.2, 0.25) is 0 Å². The Bertz CT molecular complexity index is 645. The summed E-state index contributed by atoms with van der Waals surface area (Å²) < 4.78 is 29.5. The number of nitrogens with two attached hydrogens (primary N) is 1. The van der Waals surface area contributed by atoms with Crippen LogP contribution in [0, 0.1) is 5.92 Å². The predicted molar refractivity (Wildman–Crippen MR) is 87.6 cm³/mol. The highest BCUT2D eigenvalue weighted by molar-refractivity contribution is 7.88. The molecule has 0 aliphatic carbocycles. The van der Waals surface area contributed by atoms with Crippen molar-refractivity contribution in [1.29, 1.82) is 0 Å². The molecule has 22 heavy (non-hydrogen) atoms. The predicted octanol–water partition coefficient (Wildman–Crippen LogP) is 0.703. The number of rotatable bonds is 5. The zero-order valence-corrected chi connectivity index (χ0v) is 13.6. The maximum absolute atomic E-state index is 11.5. The van der Waals surface area contributed by atoms with E-state index in [1.807, 2.05) is 24.3 Å². The van der Waals surface area contributed by atoms with Crippen molar-refractivity contribution in [3.63, 3.8) is 0 Å². The summed E-state index contributed by atoms with van der Waals surface area (Å²) in [5.74, 6) is 1.25. The second-order valence-electron chi connectivity index (χ2n) is 5.36. The first-order chi connectivity index (χ1) is 10.4. The van der Waals surface area contributed by atoms with Gasteiger partial charge in [-0.15, -0.1) is 0 Å². The lowest BCUT2D eigenvalue weighted by Gasteiger charge is -2.12. The lowest BCUT2D eigenvalue weighted by atomic mass is 10.1. The largest absolute Gasteiger partial charge is 0.497 e. The zero-order chi connectivity index (χ0) is 16.2. The average Bonchev–Trinajstić information content (AvgIpc) is 2.94. The zero-order valence-electron chi connectivity index (χ0n) is 12.8. The lowest BCUT2D eigenvalue weighted by Crippen LogP contribution is -2.28. The van der Waals surface area contributed by atoms with Gasteiger partial charge in [0.15, 0.2) is 5.96 Å². The van der Waals surface area contributed by atoms with Crippen molar-refractivity contribution in [2.75, 3.05) is 38.3 Å². The summed E-state index contributed by atoms with van der Waals surface area (Å²) in [7, 11) is -1.50. The first kappa shape index (κ1) is 16.6. The van der Waals surface area contributed by atoms with E-state index in [-0.39, 0.29) is 5.92 Å². The van der Waals surface area contributed by atoms with Crippen LogP contribution in [0.25, 0.3) is 0 Å². The molecule has 1 unspecified atom stereocenters. The summed E-state index contributed by atoms with van der Waals surface area (Å²) in [4.78, 5) is 4.29. The SMILES string of the molecule is COc1cccc(NC(N)=NCC2CCN(S(C)(=O)=O)C2)c1. The number of hydrogen-bond donors (Lipinski definition) is 2. The highest BCUT2D eigenvalue weighted by Gasteiger charge is 2.28. The van der Waals surface area contributed by atoms with Crippen LogP contribution in [0.3, 0.4) is 0 Å². The molecule has 1 atom stereocenters. The molecular weight excluding hydrogens is 304 g/mol. The van der Waals surface area contributed by atoms with E-state index in [9.17, 15) is 8.42 Å². The molecule has 1 heterocycles. The lowest BCUT2D eigenvalue weighted by molar-refractivity contribution is 0.415. The number of nitrogens with one attached hydrogen (secondary N) is 1. The minimum Gasteiger partial charge on any atom is -0.497 e. The fourth-order valence-corrected chi connectivity index (χ4v) is 3.28. The van der Waals surface area contributed by atoms with Crippen LogP contribution >= 0.6 is 0 Å². The maximum Gasteiger partial charge on any atom is 0.211 e. The van der Waals surface area contributed by atoms with Crippen molar-refractivity contribution in [1.82, 2.24) is 4.31 Å². The Labute approximate surface area is 131 Å². The van der Waals surface area contributed by atoms with Crippen LogP contribution in [-0.2, 0) is 10.0 Å². The van der Waals surface area contributed by atoms with E-state index >= 15 is 0 Å². The molecule has 8 heteroatoms. The molecule has 1 saturated heterocycles. The first-order valence-corrected chi connectivity index (χ1v) is 8.89. The Morgan fingerprint density at radius 1 is 1.55 bits per heavy atom. The minimum atomic E-state index is -3.11. The van der Waals surface area contributed by atoms with Gasteiger partial charge in [0.05, 0.1) is 13.4 Å². The van der Waals surface area contributed by atoms with Crippen LogP contribution in [-0.4, -0.2) is 51.7 Å².